The second kappa shape index (κ2) is 12.9. The van der Waals surface area contributed by atoms with Crippen molar-refractivity contribution in [2.45, 2.75) is 31.1 Å². The normalized spacial score (nSPS) is 11.4. The maximum atomic E-state index is 12.3. The topological polar surface area (TPSA) is 75.7 Å². The van der Waals surface area contributed by atoms with Crippen LogP contribution in [0.25, 0.3) is 0 Å². The summed E-state index contributed by atoms with van der Waals surface area (Å²) in [6.45, 7) is 4.61. The Kier molecular flexibility index (Phi) is 9.67. The van der Waals surface area contributed by atoms with Crippen LogP contribution < -0.4 is 9.46 Å². The molecule has 1 N–H and O–H groups in total. The lowest BCUT2D eigenvalue weighted by atomic mass is 10.1. The van der Waals surface area contributed by atoms with E-state index in [2.05, 4.69) is 33.9 Å². The number of amides is 1. The molecule has 0 saturated heterocycles. The number of hydrogen-bond donors (Lipinski definition) is 1. The van der Waals surface area contributed by atoms with Gasteiger partial charge in [0.25, 0.3) is 10.0 Å². The van der Waals surface area contributed by atoms with Crippen LogP contribution in [0.2, 0.25) is 0 Å². The van der Waals surface area contributed by atoms with Crippen molar-refractivity contribution in [1.82, 2.24) is 9.62 Å². The van der Waals surface area contributed by atoms with E-state index in [1.807, 2.05) is 37.3 Å². The Labute approximate surface area is 202 Å². The van der Waals surface area contributed by atoms with E-state index in [4.69, 9.17) is 4.74 Å². The molecule has 0 heterocycles. The summed E-state index contributed by atoms with van der Waals surface area (Å²) < 4.78 is 32.5. The number of carbonyl (C=O) groups is 1. The molecule has 0 spiro atoms. The third-order valence-electron chi connectivity index (χ3n) is 5.47. The van der Waals surface area contributed by atoms with Crippen molar-refractivity contribution in [3.05, 3.63) is 96.1 Å². The Morgan fingerprint density at radius 3 is 2.12 bits per heavy atom. The van der Waals surface area contributed by atoms with Crippen molar-refractivity contribution in [2.75, 3.05) is 26.2 Å². The van der Waals surface area contributed by atoms with E-state index in [-0.39, 0.29) is 11.3 Å². The molecule has 7 heteroatoms. The summed E-state index contributed by atoms with van der Waals surface area (Å²) in [7, 11) is -3.82. The highest BCUT2D eigenvalue weighted by Crippen LogP contribution is 2.15. The Morgan fingerprint density at radius 1 is 0.853 bits per heavy atom. The average Bonchev–Trinajstić information content (AvgIpc) is 2.85. The molecule has 0 atom stereocenters. The van der Waals surface area contributed by atoms with Crippen molar-refractivity contribution >= 4 is 15.9 Å². The van der Waals surface area contributed by atoms with Crippen LogP contribution in [-0.4, -0.2) is 45.5 Å². The molecular formula is C27H32N2O4S. The summed E-state index contributed by atoms with van der Waals surface area (Å²) in [6, 6.07) is 26.4. The number of carbonyl (C=O) groups excluding carboxylic acids is 1. The van der Waals surface area contributed by atoms with Gasteiger partial charge in [0.2, 0.25) is 5.91 Å². The lowest BCUT2D eigenvalue weighted by molar-refractivity contribution is -0.119. The number of hydrogen-bond acceptors (Lipinski definition) is 5. The minimum absolute atomic E-state index is 0.0842. The van der Waals surface area contributed by atoms with Crippen molar-refractivity contribution in [2.24, 2.45) is 0 Å². The largest absolute Gasteiger partial charge is 0.494 e. The van der Waals surface area contributed by atoms with E-state index in [9.17, 15) is 13.2 Å². The van der Waals surface area contributed by atoms with Crippen LogP contribution in [-0.2, 0) is 21.2 Å². The zero-order chi connectivity index (χ0) is 24.2. The molecular weight excluding hydrogens is 448 g/mol. The molecule has 3 aromatic carbocycles. The number of ether oxygens (including phenoxy) is 1. The van der Waals surface area contributed by atoms with Gasteiger partial charge in [0.05, 0.1) is 11.5 Å². The summed E-state index contributed by atoms with van der Waals surface area (Å²) in [5, 5.41) is 0. The molecule has 180 valence electrons. The number of nitrogens with zero attached hydrogens (tertiary/aromatic N) is 1. The summed E-state index contributed by atoms with van der Waals surface area (Å²) in [5.41, 5.74) is 2.52. The Hall–Kier alpha value is -3.16. The number of benzene rings is 3. The van der Waals surface area contributed by atoms with Gasteiger partial charge in [0, 0.05) is 19.5 Å². The maximum Gasteiger partial charge on any atom is 0.264 e. The number of rotatable bonds is 13. The van der Waals surface area contributed by atoms with Crippen LogP contribution in [0.15, 0.2) is 89.8 Å². The average molecular weight is 481 g/mol. The first-order valence-electron chi connectivity index (χ1n) is 11.5. The molecule has 0 aliphatic rings. The monoisotopic (exact) mass is 480 g/mol. The molecule has 0 unspecified atom stereocenters. The molecule has 0 aliphatic heterocycles. The van der Waals surface area contributed by atoms with Crippen LogP contribution in [0.5, 0.6) is 5.75 Å². The SMILES string of the molecule is CCN(CCCOc1ccc(Cc2ccccc2)cc1)CCC(=O)NS(=O)(=O)c1ccccc1. The zero-order valence-corrected chi connectivity index (χ0v) is 20.3. The van der Waals surface area contributed by atoms with Gasteiger partial charge >= 0.3 is 0 Å². The minimum Gasteiger partial charge on any atom is -0.494 e. The predicted octanol–water partition coefficient (Wildman–Crippen LogP) is 4.26. The second-order valence-corrected chi connectivity index (χ2v) is 9.72. The van der Waals surface area contributed by atoms with Gasteiger partial charge in [-0.3, -0.25) is 4.79 Å². The van der Waals surface area contributed by atoms with E-state index in [0.29, 0.717) is 13.2 Å². The zero-order valence-electron chi connectivity index (χ0n) is 19.5. The van der Waals surface area contributed by atoms with E-state index >= 15 is 0 Å². The molecule has 0 saturated carbocycles. The van der Waals surface area contributed by atoms with Crippen LogP contribution >= 0.6 is 0 Å². The van der Waals surface area contributed by atoms with Crippen LogP contribution in [0, 0.1) is 0 Å². The fraction of sp³-hybridized carbons (Fsp3) is 0.296. The van der Waals surface area contributed by atoms with Gasteiger partial charge in [-0.1, -0.05) is 67.6 Å². The lowest BCUT2D eigenvalue weighted by Gasteiger charge is -2.20. The van der Waals surface area contributed by atoms with Crippen LogP contribution in [0.3, 0.4) is 0 Å². The summed E-state index contributed by atoms with van der Waals surface area (Å²) >= 11 is 0. The molecule has 0 aliphatic carbocycles. The molecule has 3 rings (SSSR count). The highest BCUT2D eigenvalue weighted by atomic mass is 32.2. The molecule has 0 radical (unpaired) electrons. The summed E-state index contributed by atoms with van der Waals surface area (Å²) in [6.07, 6.45) is 1.82. The highest BCUT2D eigenvalue weighted by molar-refractivity contribution is 7.90. The van der Waals surface area contributed by atoms with Gasteiger partial charge < -0.3 is 9.64 Å². The molecule has 0 bridgehead atoms. The van der Waals surface area contributed by atoms with Crippen molar-refractivity contribution in [3.63, 3.8) is 0 Å². The van der Waals surface area contributed by atoms with E-state index < -0.39 is 15.9 Å². The van der Waals surface area contributed by atoms with E-state index in [0.717, 1.165) is 31.7 Å². The molecule has 0 aromatic heterocycles. The van der Waals surface area contributed by atoms with Crippen molar-refractivity contribution in [1.29, 1.82) is 0 Å². The van der Waals surface area contributed by atoms with Gasteiger partial charge in [0.1, 0.15) is 5.75 Å². The summed E-state index contributed by atoms with van der Waals surface area (Å²) in [4.78, 5) is 14.4. The number of sulfonamides is 1. The molecule has 34 heavy (non-hydrogen) atoms. The van der Waals surface area contributed by atoms with Crippen LogP contribution in [0.4, 0.5) is 0 Å². The van der Waals surface area contributed by atoms with Gasteiger partial charge in [-0.25, -0.2) is 13.1 Å². The van der Waals surface area contributed by atoms with Gasteiger partial charge in [-0.15, -0.1) is 0 Å². The quantitative estimate of drug-likeness (QED) is 0.370. The Bertz CT molecular complexity index is 1120. The fourth-order valence-electron chi connectivity index (χ4n) is 3.56. The smallest absolute Gasteiger partial charge is 0.264 e. The van der Waals surface area contributed by atoms with E-state index in [1.54, 1.807) is 18.2 Å². The fourth-order valence-corrected chi connectivity index (χ4v) is 4.60. The second-order valence-electron chi connectivity index (χ2n) is 8.03. The molecule has 1 amide bonds. The lowest BCUT2D eigenvalue weighted by Crippen LogP contribution is -2.35. The van der Waals surface area contributed by atoms with Gasteiger partial charge in [0.15, 0.2) is 0 Å². The minimum atomic E-state index is -3.82. The van der Waals surface area contributed by atoms with Gasteiger partial charge in [-0.05, 0) is 54.8 Å². The third-order valence-corrected chi connectivity index (χ3v) is 6.86. The highest BCUT2D eigenvalue weighted by Gasteiger charge is 2.17. The van der Waals surface area contributed by atoms with Crippen molar-refractivity contribution in [3.8, 4) is 5.75 Å². The summed E-state index contributed by atoms with van der Waals surface area (Å²) in [5.74, 6) is 0.333. The molecule has 3 aromatic rings. The Morgan fingerprint density at radius 2 is 1.47 bits per heavy atom. The first kappa shape index (κ1) is 25.5. The maximum absolute atomic E-state index is 12.3. The molecule has 0 fully saturated rings. The first-order valence-corrected chi connectivity index (χ1v) is 13.0. The Balaban J connectivity index is 1.35. The third kappa shape index (κ3) is 8.32. The number of nitrogens with one attached hydrogen (secondary N) is 1. The van der Waals surface area contributed by atoms with Crippen molar-refractivity contribution < 1.29 is 17.9 Å². The molecule has 6 nitrogen and oxygen atoms in total. The standard InChI is InChI=1S/C27H32N2O4S/c1-2-29(20-18-27(30)28-34(31,32)26-12-7-4-8-13-26)19-9-21-33-25-16-14-24(15-17-25)22-23-10-5-3-6-11-23/h3-8,10-17H,2,9,18-22H2,1H3,(H,28,30). The van der Waals surface area contributed by atoms with Gasteiger partial charge in [-0.2, -0.15) is 0 Å². The first-order chi connectivity index (χ1) is 16.5. The van der Waals surface area contributed by atoms with Crippen LogP contribution in [0.1, 0.15) is 30.9 Å². The van der Waals surface area contributed by atoms with E-state index in [1.165, 1.54) is 23.3 Å². The predicted molar refractivity (Wildman–Crippen MR) is 134 cm³/mol.